The first-order valence-corrected chi connectivity index (χ1v) is 8.59. The molecule has 0 spiro atoms. The van der Waals surface area contributed by atoms with E-state index in [1.54, 1.807) is 29.3 Å². The first-order valence-electron chi connectivity index (χ1n) is 8.21. The minimum Gasteiger partial charge on any atom is -0.490 e. The van der Waals surface area contributed by atoms with Crippen molar-refractivity contribution < 1.29 is 9.53 Å². The lowest BCUT2D eigenvalue weighted by atomic mass is 10.0. The van der Waals surface area contributed by atoms with Crippen molar-refractivity contribution >= 4 is 23.3 Å². The normalized spacial score (nSPS) is 20.2. The van der Waals surface area contributed by atoms with E-state index in [0.717, 1.165) is 12.2 Å². The lowest BCUT2D eigenvalue weighted by Crippen LogP contribution is -2.45. The Hall–Kier alpha value is -2.01. The van der Waals surface area contributed by atoms with Gasteiger partial charge in [-0.2, -0.15) is 5.10 Å². The van der Waals surface area contributed by atoms with Gasteiger partial charge in [0, 0.05) is 17.1 Å². The first kappa shape index (κ1) is 16.8. The van der Waals surface area contributed by atoms with E-state index in [-0.39, 0.29) is 24.1 Å². The van der Waals surface area contributed by atoms with Crippen LogP contribution in [-0.4, -0.2) is 27.8 Å². The Labute approximate surface area is 147 Å². The molecule has 0 saturated carbocycles. The van der Waals surface area contributed by atoms with E-state index in [1.807, 2.05) is 24.6 Å². The molecule has 3 rings (SSSR count). The summed E-state index contributed by atoms with van der Waals surface area (Å²) in [4.78, 5) is 15.1. The summed E-state index contributed by atoms with van der Waals surface area (Å²) in [6.45, 7) is 8.03. The average Bonchev–Trinajstić information content (AvgIpc) is 2.98. The smallest absolute Gasteiger partial charge is 0.263 e. The summed E-state index contributed by atoms with van der Waals surface area (Å²) in [5.41, 5.74) is 0.477. The molecule has 1 amide bonds. The van der Waals surface area contributed by atoms with E-state index in [9.17, 15) is 4.79 Å². The molecule has 1 aliphatic heterocycles. The van der Waals surface area contributed by atoms with Crippen molar-refractivity contribution in [3.05, 3.63) is 41.0 Å². The number of amides is 1. The highest BCUT2D eigenvalue weighted by molar-refractivity contribution is 6.31. The molecule has 0 aliphatic carbocycles. The standard InChI is InChI=1S/C18H22ClN3O2/c1-11(2)24-16-6-5-14(19)10-15(16)18(23)21-12(3)9-13(4)22-17(21)7-8-20-22/h5-8,10-13H,9H2,1-4H3/t12-,13+/m1/s1. The minimum absolute atomic E-state index is 0.0259. The molecule has 5 nitrogen and oxygen atoms in total. The van der Waals surface area contributed by atoms with Gasteiger partial charge in [-0.15, -0.1) is 0 Å². The molecule has 2 aromatic rings. The summed E-state index contributed by atoms with van der Waals surface area (Å²) < 4.78 is 7.70. The second-order valence-corrected chi connectivity index (χ2v) is 6.99. The van der Waals surface area contributed by atoms with E-state index in [0.29, 0.717) is 16.3 Å². The molecule has 0 bridgehead atoms. The maximum Gasteiger partial charge on any atom is 0.263 e. The fourth-order valence-corrected chi connectivity index (χ4v) is 3.39. The van der Waals surface area contributed by atoms with Crippen LogP contribution in [0.4, 0.5) is 5.82 Å². The monoisotopic (exact) mass is 347 g/mol. The Morgan fingerprint density at radius 2 is 2.04 bits per heavy atom. The molecule has 0 N–H and O–H groups in total. The van der Waals surface area contributed by atoms with Gasteiger partial charge in [-0.05, 0) is 52.3 Å². The number of aromatic nitrogens is 2. The van der Waals surface area contributed by atoms with Gasteiger partial charge in [0.15, 0.2) is 0 Å². The molecule has 6 heteroatoms. The summed E-state index contributed by atoms with van der Waals surface area (Å²) >= 11 is 6.13. The van der Waals surface area contributed by atoms with Crippen LogP contribution in [0.2, 0.25) is 5.02 Å². The van der Waals surface area contributed by atoms with Crippen LogP contribution in [0.15, 0.2) is 30.5 Å². The molecule has 0 radical (unpaired) electrons. The van der Waals surface area contributed by atoms with Crippen molar-refractivity contribution in [2.45, 2.75) is 52.3 Å². The second kappa shape index (κ2) is 6.48. The van der Waals surface area contributed by atoms with Gasteiger partial charge in [0.25, 0.3) is 5.91 Å². The third-order valence-corrected chi connectivity index (χ3v) is 4.43. The van der Waals surface area contributed by atoms with Gasteiger partial charge in [-0.1, -0.05) is 11.6 Å². The number of ether oxygens (including phenoxy) is 1. The van der Waals surface area contributed by atoms with Crippen LogP contribution in [0, 0.1) is 0 Å². The first-order chi connectivity index (χ1) is 11.4. The third-order valence-electron chi connectivity index (χ3n) is 4.19. The van der Waals surface area contributed by atoms with E-state index in [1.165, 1.54) is 0 Å². The average molecular weight is 348 g/mol. The molecule has 1 aromatic carbocycles. The van der Waals surface area contributed by atoms with E-state index < -0.39 is 0 Å². The fraction of sp³-hybridized carbons (Fsp3) is 0.444. The van der Waals surface area contributed by atoms with Crippen molar-refractivity contribution in [3.63, 3.8) is 0 Å². The summed E-state index contributed by atoms with van der Waals surface area (Å²) in [5, 5.41) is 4.87. The Balaban J connectivity index is 2.04. The molecular formula is C18H22ClN3O2. The maximum atomic E-state index is 13.3. The predicted octanol–water partition coefficient (Wildman–Crippen LogP) is 4.32. The molecule has 128 valence electrons. The largest absolute Gasteiger partial charge is 0.490 e. The van der Waals surface area contributed by atoms with Gasteiger partial charge in [-0.25, -0.2) is 4.68 Å². The van der Waals surface area contributed by atoms with Crippen LogP contribution in [0.25, 0.3) is 0 Å². The molecule has 2 heterocycles. The fourth-order valence-electron chi connectivity index (χ4n) is 3.22. The number of benzene rings is 1. The molecule has 1 aliphatic rings. The zero-order valence-corrected chi connectivity index (χ0v) is 15.1. The lowest BCUT2D eigenvalue weighted by molar-refractivity contribution is 0.0961. The summed E-state index contributed by atoms with van der Waals surface area (Å²) in [6.07, 6.45) is 2.55. The summed E-state index contributed by atoms with van der Waals surface area (Å²) in [7, 11) is 0. The Bertz CT molecular complexity index is 756. The van der Waals surface area contributed by atoms with Crippen LogP contribution in [0.3, 0.4) is 0 Å². The number of halogens is 1. The van der Waals surface area contributed by atoms with Gasteiger partial charge < -0.3 is 4.74 Å². The van der Waals surface area contributed by atoms with Crippen molar-refractivity contribution in [1.82, 2.24) is 9.78 Å². The van der Waals surface area contributed by atoms with E-state index in [4.69, 9.17) is 16.3 Å². The number of carbonyl (C=O) groups is 1. The Morgan fingerprint density at radius 3 is 2.75 bits per heavy atom. The summed E-state index contributed by atoms with van der Waals surface area (Å²) in [6, 6.07) is 7.37. The predicted molar refractivity (Wildman–Crippen MR) is 95.0 cm³/mol. The van der Waals surface area contributed by atoms with E-state index >= 15 is 0 Å². The van der Waals surface area contributed by atoms with Crippen LogP contribution in [-0.2, 0) is 0 Å². The van der Waals surface area contributed by atoms with Crippen molar-refractivity contribution in [2.24, 2.45) is 0 Å². The van der Waals surface area contributed by atoms with Crippen molar-refractivity contribution in [2.75, 3.05) is 4.90 Å². The van der Waals surface area contributed by atoms with Crippen LogP contribution >= 0.6 is 11.6 Å². The number of hydrogen-bond donors (Lipinski definition) is 0. The molecule has 0 fully saturated rings. The minimum atomic E-state index is -0.116. The topological polar surface area (TPSA) is 47.4 Å². The quantitative estimate of drug-likeness (QED) is 0.830. The molecule has 2 atom stereocenters. The molecule has 1 aromatic heterocycles. The van der Waals surface area contributed by atoms with Gasteiger partial charge >= 0.3 is 0 Å². The van der Waals surface area contributed by atoms with Crippen molar-refractivity contribution in [1.29, 1.82) is 0 Å². The number of nitrogens with zero attached hydrogens (tertiary/aromatic N) is 3. The van der Waals surface area contributed by atoms with Crippen molar-refractivity contribution in [3.8, 4) is 5.75 Å². The second-order valence-electron chi connectivity index (χ2n) is 6.55. The van der Waals surface area contributed by atoms with Gasteiger partial charge in [0.1, 0.15) is 11.6 Å². The zero-order valence-electron chi connectivity index (χ0n) is 14.4. The van der Waals surface area contributed by atoms with Crippen LogP contribution in [0.1, 0.15) is 50.5 Å². The molecular weight excluding hydrogens is 326 g/mol. The highest BCUT2D eigenvalue weighted by Crippen LogP contribution is 2.34. The lowest BCUT2D eigenvalue weighted by Gasteiger charge is -2.37. The molecule has 0 saturated heterocycles. The number of anilines is 1. The third kappa shape index (κ3) is 3.00. The van der Waals surface area contributed by atoms with Gasteiger partial charge in [-0.3, -0.25) is 9.69 Å². The molecule has 24 heavy (non-hydrogen) atoms. The number of hydrogen-bond acceptors (Lipinski definition) is 3. The summed E-state index contributed by atoms with van der Waals surface area (Å²) in [5.74, 6) is 1.24. The Kier molecular flexibility index (Phi) is 4.54. The Morgan fingerprint density at radius 1 is 1.29 bits per heavy atom. The number of rotatable bonds is 3. The SMILES string of the molecule is CC(C)Oc1ccc(Cl)cc1C(=O)N1c2ccnn2[C@@H](C)C[C@H]1C. The van der Waals surface area contributed by atoms with Crippen LogP contribution in [0.5, 0.6) is 5.75 Å². The zero-order chi connectivity index (χ0) is 17.4. The number of fused-ring (bicyclic) bond motifs is 1. The molecule has 0 unspecified atom stereocenters. The highest BCUT2D eigenvalue weighted by atomic mass is 35.5. The van der Waals surface area contributed by atoms with E-state index in [2.05, 4.69) is 18.9 Å². The number of carbonyl (C=O) groups excluding carboxylic acids is 1. The maximum absolute atomic E-state index is 13.3. The van der Waals surface area contributed by atoms with Gasteiger partial charge in [0.05, 0.1) is 23.9 Å². The van der Waals surface area contributed by atoms with Gasteiger partial charge in [0.2, 0.25) is 0 Å². The van der Waals surface area contributed by atoms with Crippen LogP contribution < -0.4 is 9.64 Å². The highest BCUT2D eigenvalue weighted by Gasteiger charge is 2.34.